The number of thiophene rings is 1. The lowest BCUT2D eigenvalue weighted by Gasteiger charge is -2.45. The number of ether oxygens (including phenoxy) is 1. The van der Waals surface area contributed by atoms with Crippen LogP contribution in [-0.2, 0) is 4.74 Å². The van der Waals surface area contributed by atoms with Crippen LogP contribution in [0.2, 0.25) is 0 Å². The van der Waals surface area contributed by atoms with E-state index in [2.05, 4.69) is 10.3 Å². The molecule has 0 saturated carbocycles. The van der Waals surface area contributed by atoms with Crippen molar-refractivity contribution in [3.8, 4) is 0 Å². The number of anilines is 1. The first-order valence-electron chi connectivity index (χ1n) is 6.80. The number of likely N-dealkylation sites (tertiary alicyclic amines) is 1. The van der Waals surface area contributed by atoms with Gasteiger partial charge in [0.05, 0.1) is 29.2 Å². The van der Waals surface area contributed by atoms with Crippen molar-refractivity contribution < 1.29 is 14.3 Å². The molecule has 4 rings (SSSR count). The van der Waals surface area contributed by atoms with Gasteiger partial charge in [-0.1, -0.05) is 11.3 Å². The average Bonchev–Trinajstić information content (AvgIpc) is 3.07. The summed E-state index contributed by atoms with van der Waals surface area (Å²) in [5, 5.41) is 3.57. The summed E-state index contributed by atoms with van der Waals surface area (Å²) in [6.45, 7) is 1.38. The molecule has 2 aromatic rings. The van der Waals surface area contributed by atoms with Gasteiger partial charge in [-0.05, 0) is 6.07 Å². The molecule has 2 aliphatic heterocycles. The maximum Gasteiger partial charge on any atom is 0.408 e. The van der Waals surface area contributed by atoms with Gasteiger partial charge in [0.2, 0.25) is 0 Å². The molecule has 0 unspecified atom stereocenters. The van der Waals surface area contributed by atoms with E-state index in [9.17, 15) is 9.59 Å². The van der Waals surface area contributed by atoms with Crippen molar-refractivity contribution >= 4 is 49.3 Å². The van der Waals surface area contributed by atoms with Crippen LogP contribution < -0.4 is 10.2 Å². The second-order valence-electron chi connectivity index (χ2n) is 5.76. The number of thiazole rings is 1. The number of aromatic nitrogens is 1. The van der Waals surface area contributed by atoms with Crippen LogP contribution >= 0.6 is 22.7 Å². The highest BCUT2D eigenvalue weighted by Gasteiger charge is 2.52. The Kier molecular flexibility index (Phi) is 2.85. The van der Waals surface area contributed by atoms with E-state index in [-0.39, 0.29) is 5.91 Å². The van der Waals surface area contributed by atoms with Crippen LogP contribution in [0.4, 0.5) is 9.93 Å². The van der Waals surface area contributed by atoms with Crippen molar-refractivity contribution in [2.24, 2.45) is 0 Å². The van der Waals surface area contributed by atoms with Gasteiger partial charge >= 0.3 is 6.09 Å². The summed E-state index contributed by atoms with van der Waals surface area (Å²) in [6.07, 6.45) is -0.399. The summed E-state index contributed by atoms with van der Waals surface area (Å²) < 4.78 is 6.26. The molecule has 116 valence electrons. The predicted octanol–water partition coefficient (Wildman–Crippen LogP) is 1.36. The summed E-state index contributed by atoms with van der Waals surface area (Å²) in [5.74, 6) is -0.0184. The molecule has 7 nitrogen and oxygen atoms in total. The molecule has 2 amide bonds. The molecule has 2 aromatic heterocycles. The van der Waals surface area contributed by atoms with Crippen LogP contribution in [0.1, 0.15) is 9.67 Å². The van der Waals surface area contributed by atoms with Crippen molar-refractivity contribution in [2.45, 2.75) is 5.60 Å². The number of hydrogen-bond acceptors (Lipinski definition) is 7. The number of rotatable bonds is 2. The number of nitrogens with one attached hydrogen (secondary N) is 1. The SMILES string of the molecule is CN(C)c1nc2sc(C(=O)N3CC4(CNC(=O)O4)C3)cc2s1. The van der Waals surface area contributed by atoms with E-state index < -0.39 is 11.7 Å². The highest BCUT2D eigenvalue weighted by atomic mass is 32.1. The van der Waals surface area contributed by atoms with Gasteiger partial charge in [0.25, 0.3) is 5.91 Å². The van der Waals surface area contributed by atoms with Crippen molar-refractivity contribution in [1.29, 1.82) is 0 Å². The minimum absolute atomic E-state index is 0.0184. The Morgan fingerprint density at radius 3 is 2.82 bits per heavy atom. The zero-order valence-corrected chi connectivity index (χ0v) is 13.7. The first kappa shape index (κ1) is 13.8. The Morgan fingerprint density at radius 2 is 2.23 bits per heavy atom. The van der Waals surface area contributed by atoms with E-state index in [4.69, 9.17) is 4.74 Å². The maximum atomic E-state index is 12.5. The average molecular weight is 338 g/mol. The van der Waals surface area contributed by atoms with Crippen LogP contribution in [-0.4, -0.2) is 61.2 Å². The molecule has 0 radical (unpaired) electrons. The van der Waals surface area contributed by atoms with Crippen molar-refractivity contribution in [1.82, 2.24) is 15.2 Å². The first-order valence-corrected chi connectivity index (χ1v) is 8.43. The number of amides is 2. The van der Waals surface area contributed by atoms with Gasteiger partial charge in [-0.15, -0.1) is 11.3 Å². The second-order valence-corrected chi connectivity index (χ2v) is 7.80. The van der Waals surface area contributed by atoms with E-state index in [1.165, 1.54) is 11.3 Å². The van der Waals surface area contributed by atoms with Crippen molar-refractivity contribution in [3.63, 3.8) is 0 Å². The van der Waals surface area contributed by atoms with E-state index in [1.54, 1.807) is 16.2 Å². The van der Waals surface area contributed by atoms with Crippen LogP contribution in [0.3, 0.4) is 0 Å². The smallest absolute Gasteiger partial charge is 0.408 e. The first-order chi connectivity index (χ1) is 10.5. The minimum Gasteiger partial charge on any atom is -0.437 e. The molecule has 1 N–H and O–H groups in total. The van der Waals surface area contributed by atoms with Gasteiger partial charge in [-0.2, -0.15) is 0 Å². The van der Waals surface area contributed by atoms with Crippen LogP contribution in [0, 0.1) is 0 Å². The fourth-order valence-corrected chi connectivity index (χ4v) is 4.75. The van der Waals surface area contributed by atoms with Gasteiger partial charge in [0.1, 0.15) is 4.83 Å². The Bertz CT molecular complexity index is 744. The lowest BCUT2D eigenvalue weighted by molar-refractivity contribution is -0.0574. The van der Waals surface area contributed by atoms with E-state index >= 15 is 0 Å². The van der Waals surface area contributed by atoms with Crippen molar-refractivity contribution in [3.05, 3.63) is 10.9 Å². The fraction of sp³-hybridized carbons (Fsp3) is 0.462. The molecule has 0 atom stereocenters. The normalized spacial score (nSPS) is 19.2. The molecule has 9 heteroatoms. The number of hydrogen-bond donors (Lipinski definition) is 1. The fourth-order valence-electron chi connectivity index (χ4n) is 2.65. The monoisotopic (exact) mass is 338 g/mol. The summed E-state index contributed by atoms with van der Waals surface area (Å²) in [7, 11) is 3.90. The number of carbonyl (C=O) groups is 2. The van der Waals surface area contributed by atoms with Crippen LogP contribution in [0.15, 0.2) is 6.07 Å². The van der Waals surface area contributed by atoms with Gasteiger partial charge in [-0.25, -0.2) is 9.78 Å². The minimum atomic E-state index is -0.516. The molecule has 22 heavy (non-hydrogen) atoms. The largest absolute Gasteiger partial charge is 0.437 e. The summed E-state index contributed by atoms with van der Waals surface area (Å²) in [6, 6.07) is 1.90. The standard InChI is InChI=1S/C13H14N4O3S2/c1-16(2)11-15-9-7(22-11)3-8(21-9)10(18)17-5-13(6-17)4-14-12(19)20-13/h3H,4-6H2,1-2H3,(H,14,19). The molecule has 2 saturated heterocycles. The van der Waals surface area contributed by atoms with E-state index in [0.717, 1.165) is 14.7 Å². The third-order valence-electron chi connectivity index (χ3n) is 3.78. The van der Waals surface area contributed by atoms with Crippen LogP contribution in [0.5, 0.6) is 0 Å². The number of nitrogens with zero attached hydrogens (tertiary/aromatic N) is 3. The molecule has 2 aliphatic rings. The third-order valence-corrected chi connectivity index (χ3v) is 6.10. The number of carbonyl (C=O) groups excluding carboxylic acids is 2. The van der Waals surface area contributed by atoms with Crippen LogP contribution in [0.25, 0.3) is 9.53 Å². The molecule has 4 heterocycles. The van der Waals surface area contributed by atoms with Gasteiger partial charge in [0.15, 0.2) is 10.7 Å². The topological polar surface area (TPSA) is 74.8 Å². The Hall–Kier alpha value is -1.87. The quantitative estimate of drug-likeness (QED) is 0.895. The predicted molar refractivity (Wildman–Crippen MR) is 84.9 cm³/mol. The van der Waals surface area contributed by atoms with Gasteiger partial charge in [0, 0.05) is 14.1 Å². The van der Waals surface area contributed by atoms with E-state index in [1.807, 2.05) is 25.1 Å². The highest BCUT2D eigenvalue weighted by molar-refractivity contribution is 7.29. The van der Waals surface area contributed by atoms with E-state index in [0.29, 0.717) is 24.5 Å². The molecule has 0 bridgehead atoms. The zero-order chi connectivity index (χ0) is 15.5. The molecule has 0 aliphatic carbocycles. The van der Waals surface area contributed by atoms with Gasteiger partial charge in [-0.3, -0.25) is 4.79 Å². The second kappa shape index (κ2) is 4.56. The molecule has 2 fully saturated rings. The lowest BCUT2D eigenvalue weighted by atomic mass is 9.94. The molecular formula is C13H14N4O3S2. The molecule has 0 aromatic carbocycles. The van der Waals surface area contributed by atoms with Gasteiger partial charge < -0.3 is 19.9 Å². The number of alkyl carbamates (subject to hydrolysis) is 1. The lowest BCUT2D eigenvalue weighted by Crippen LogP contribution is -2.65. The Morgan fingerprint density at radius 1 is 1.45 bits per heavy atom. The summed E-state index contributed by atoms with van der Waals surface area (Å²) in [5.41, 5.74) is -0.516. The number of fused-ring (bicyclic) bond motifs is 1. The highest BCUT2D eigenvalue weighted by Crippen LogP contribution is 2.36. The zero-order valence-electron chi connectivity index (χ0n) is 12.1. The molecule has 1 spiro atoms. The Labute approximate surface area is 134 Å². The summed E-state index contributed by atoms with van der Waals surface area (Å²) >= 11 is 2.99. The summed E-state index contributed by atoms with van der Waals surface area (Å²) in [4.78, 5) is 33.4. The third kappa shape index (κ3) is 2.03. The maximum absolute atomic E-state index is 12.5. The van der Waals surface area contributed by atoms with Crippen molar-refractivity contribution in [2.75, 3.05) is 38.6 Å². The molecular weight excluding hydrogens is 324 g/mol. The Balaban J connectivity index is 1.49.